The van der Waals surface area contributed by atoms with Crippen molar-refractivity contribution in [3.05, 3.63) is 247 Å². The van der Waals surface area contributed by atoms with Gasteiger partial charge in [0.05, 0.1) is 11.1 Å². The molecule has 0 amide bonds. The van der Waals surface area contributed by atoms with E-state index < -0.39 is 5.41 Å². The first-order chi connectivity index (χ1) is 30.3. The molecule has 1 spiro atoms. The number of rotatable bonds is 5. The monoisotopic (exact) mass is 791 g/mol. The van der Waals surface area contributed by atoms with Crippen LogP contribution in [0.4, 0.5) is 17.1 Å². The van der Waals surface area contributed by atoms with Gasteiger partial charge in [0, 0.05) is 37.1 Å². The van der Waals surface area contributed by atoms with E-state index in [4.69, 9.17) is 0 Å². The number of thiophene rings is 1. The maximum atomic E-state index is 2.50. The van der Waals surface area contributed by atoms with Gasteiger partial charge in [-0.05, 0) is 121 Å². The Morgan fingerprint density at radius 3 is 1.69 bits per heavy atom. The Bertz CT molecular complexity index is 3500. The van der Waals surface area contributed by atoms with E-state index in [1.54, 1.807) is 0 Å². The number of hydrogen-bond acceptors (Lipinski definition) is 2. The second-order valence-corrected chi connectivity index (χ2v) is 17.4. The van der Waals surface area contributed by atoms with Crippen LogP contribution >= 0.6 is 11.3 Å². The summed E-state index contributed by atoms with van der Waals surface area (Å²) in [7, 11) is 0. The van der Waals surface area contributed by atoms with Gasteiger partial charge in [-0.15, -0.1) is 11.3 Å². The maximum Gasteiger partial charge on any atom is 0.0726 e. The molecule has 1 heterocycles. The average Bonchev–Trinajstić information content (AvgIpc) is 3.96. The van der Waals surface area contributed by atoms with Crippen molar-refractivity contribution in [2.24, 2.45) is 0 Å². The molecular weight excluding hydrogens is 755 g/mol. The Kier molecular flexibility index (Phi) is 7.46. The van der Waals surface area contributed by atoms with Crippen molar-refractivity contribution >= 4 is 59.3 Å². The van der Waals surface area contributed by atoms with Crippen LogP contribution in [0.2, 0.25) is 0 Å². The second-order valence-electron chi connectivity index (χ2n) is 16.4. The molecule has 13 rings (SSSR count). The molecule has 10 aromatic carbocycles. The zero-order valence-corrected chi connectivity index (χ0v) is 34.0. The molecule has 2 aliphatic carbocycles. The van der Waals surface area contributed by atoms with Crippen LogP contribution in [0.25, 0.3) is 75.5 Å². The lowest BCUT2D eigenvalue weighted by Crippen LogP contribution is -2.26. The van der Waals surface area contributed by atoms with Crippen molar-refractivity contribution in [2.75, 3.05) is 4.90 Å². The summed E-state index contributed by atoms with van der Waals surface area (Å²) in [5.74, 6) is 0. The third-order valence-corrected chi connectivity index (χ3v) is 14.4. The molecule has 0 N–H and O–H groups in total. The minimum atomic E-state index is -0.431. The fourth-order valence-corrected chi connectivity index (χ4v) is 11.8. The number of hydrogen-bond donors (Lipinski definition) is 0. The lowest BCUT2D eigenvalue weighted by Gasteiger charge is -2.32. The van der Waals surface area contributed by atoms with Crippen molar-refractivity contribution in [1.29, 1.82) is 0 Å². The zero-order chi connectivity index (χ0) is 40.1. The van der Waals surface area contributed by atoms with Gasteiger partial charge < -0.3 is 4.90 Å². The van der Waals surface area contributed by atoms with Crippen LogP contribution in [-0.2, 0) is 5.41 Å². The number of anilines is 3. The Morgan fingerprint density at radius 2 is 0.885 bits per heavy atom. The maximum absolute atomic E-state index is 2.50. The molecule has 0 radical (unpaired) electrons. The van der Waals surface area contributed by atoms with Crippen LogP contribution < -0.4 is 4.90 Å². The van der Waals surface area contributed by atoms with Gasteiger partial charge in [0.15, 0.2) is 0 Å². The summed E-state index contributed by atoms with van der Waals surface area (Å²) in [6.45, 7) is 0. The Labute approximate surface area is 359 Å². The lowest BCUT2D eigenvalue weighted by molar-refractivity contribution is 0.794. The van der Waals surface area contributed by atoms with Gasteiger partial charge in [0.25, 0.3) is 0 Å². The molecule has 2 heteroatoms. The van der Waals surface area contributed by atoms with E-state index in [1.807, 2.05) is 11.3 Å². The Balaban J connectivity index is 1.04. The van der Waals surface area contributed by atoms with E-state index in [1.165, 1.54) is 97.7 Å². The zero-order valence-electron chi connectivity index (χ0n) is 33.2. The summed E-state index contributed by atoms with van der Waals surface area (Å²) in [6.07, 6.45) is 0. The van der Waals surface area contributed by atoms with E-state index in [2.05, 4.69) is 229 Å². The highest BCUT2D eigenvalue weighted by Gasteiger charge is 2.52. The summed E-state index contributed by atoms with van der Waals surface area (Å²) in [6, 6.07) is 83.6. The highest BCUT2D eigenvalue weighted by Crippen LogP contribution is 2.64. The van der Waals surface area contributed by atoms with Gasteiger partial charge in [-0.1, -0.05) is 176 Å². The van der Waals surface area contributed by atoms with E-state index in [0.29, 0.717) is 0 Å². The fourth-order valence-electron chi connectivity index (χ4n) is 10.7. The molecule has 0 saturated heterocycles. The smallest absolute Gasteiger partial charge is 0.0726 e. The fraction of sp³-hybridized carbons (Fsp3) is 0.0169. The predicted octanol–water partition coefficient (Wildman–Crippen LogP) is 16.4. The quantitative estimate of drug-likeness (QED) is 0.168. The summed E-state index contributed by atoms with van der Waals surface area (Å²) < 4.78 is 2.64. The van der Waals surface area contributed by atoms with Crippen LogP contribution in [0.15, 0.2) is 224 Å². The van der Waals surface area contributed by atoms with Crippen molar-refractivity contribution < 1.29 is 0 Å². The van der Waals surface area contributed by atoms with E-state index in [9.17, 15) is 0 Å². The summed E-state index contributed by atoms with van der Waals surface area (Å²) >= 11 is 1.87. The number of nitrogens with zero attached hydrogens (tertiary/aromatic N) is 1. The van der Waals surface area contributed by atoms with Crippen LogP contribution in [0, 0.1) is 0 Å². The third kappa shape index (κ3) is 4.94. The van der Waals surface area contributed by atoms with Crippen LogP contribution in [0.3, 0.4) is 0 Å². The molecule has 1 nitrogen and oxygen atoms in total. The molecule has 1 aromatic heterocycles. The second kappa shape index (κ2) is 13.2. The summed E-state index contributed by atoms with van der Waals surface area (Å²) in [5.41, 5.74) is 18.4. The third-order valence-electron chi connectivity index (χ3n) is 13.3. The van der Waals surface area contributed by atoms with Gasteiger partial charge in [-0.3, -0.25) is 0 Å². The first kappa shape index (κ1) is 34.4. The van der Waals surface area contributed by atoms with E-state index in [0.717, 1.165) is 17.1 Å². The minimum absolute atomic E-state index is 0.431. The van der Waals surface area contributed by atoms with Gasteiger partial charge in [-0.25, -0.2) is 0 Å². The molecule has 0 unspecified atom stereocenters. The van der Waals surface area contributed by atoms with Crippen molar-refractivity contribution in [1.82, 2.24) is 0 Å². The Hall–Kier alpha value is -7.52. The van der Waals surface area contributed by atoms with Crippen LogP contribution in [0.1, 0.15) is 22.3 Å². The molecule has 2 aliphatic rings. The molecule has 284 valence electrons. The largest absolute Gasteiger partial charge is 0.310 e. The molecule has 0 fully saturated rings. The predicted molar refractivity (Wildman–Crippen MR) is 259 cm³/mol. The number of benzene rings is 10. The first-order valence-corrected chi connectivity index (χ1v) is 21.9. The van der Waals surface area contributed by atoms with E-state index in [-0.39, 0.29) is 0 Å². The highest BCUT2D eigenvalue weighted by molar-refractivity contribution is 7.25. The normalized spacial score (nSPS) is 13.0. The van der Waals surface area contributed by atoms with Crippen LogP contribution in [-0.4, -0.2) is 0 Å². The number of fused-ring (bicyclic) bond motifs is 14. The van der Waals surface area contributed by atoms with Gasteiger partial charge in [0.1, 0.15) is 0 Å². The van der Waals surface area contributed by atoms with Gasteiger partial charge in [0.2, 0.25) is 0 Å². The van der Waals surface area contributed by atoms with Gasteiger partial charge in [-0.2, -0.15) is 0 Å². The Morgan fingerprint density at radius 1 is 0.328 bits per heavy atom. The molecule has 61 heavy (non-hydrogen) atoms. The molecule has 0 saturated carbocycles. The summed E-state index contributed by atoms with van der Waals surface area (Å²) in [5, 5.41) is 5.14. The van der Waals surface area contributed by atoms with Gasteiger partial charge >= 0.3 is 0 Å². The molecule has 0 atom stereocenters. The minimum Gasteiger partial charge on any atom is -0.310 e. The van der Waals surface area contributed by atoms with Crippen LogP contribution in [0.5, 0.6) is 0 Å². The van der Waals surface area contributed by atoms with Crippen molar-refractivity contribution in [3.63, 3.8) is 0 Å². The van der Waals surface area contributed by atoms with Crippen molar-refractivity contribution in [2.45, 2.75) is 5.41 Å². The standard InChI is InChI=1S/C59H37NS/c1-2-18-44-38(14-1)15-12-23-45(44)39-30-33-42(34-31-39)60(43-17-11-16-40(36-43)41-32-35-57-50(37-41)48-21-6-10-29-56(48)61-57)55-28-13-27-54-58(55)49-22-5-9-26-53(49)59(54)51-24-7-3-19-46(51)47-20-4-8-25-52(47)59/h1-37H. The molecular formula is C59H37NS. The highest BCUT2D eigenvalue weighted by atomic mass is 32.1. The molecule has 0 aliphatic heterocycles. The topological polar surface area (TPSA) is 3.24 Å². The summed E-state index contributed by atoms with van der Waals surface area (Å²) in [4.78, 5) is 2.50. The average molecular weight is 792 g/mol. The molecule has 0 bridgehead atoms. The van der Waals surface area contributed by atoms with Crippen molar-refractivity contribution in [3.8, 4) is 44.5 Å². The molecule has 11 aromatic rings. The van der Waals surface area contributed by atoms with E-state index >= 15 is 0 Å². The first-order valence-electron chi connectivity index (χ1n) is 21.1. The SMILES string of the molecule is c1cc(-c2ccc3sc4ccccc4c3c2)cc(N(c2ccc(-c3cccc4ccccc34)cc2)c2cccc3c2-c2ccccc2C32c3ccccc3-c3ccccc32)c1. The lowest BCUT2D eigenvalue weighted by atomic mass is 9.70.